The SMILES string of the molecule is Cc1cc(F)c(CCCO)cc1C(=O)O. The van der Waals surface area contributed by atoms with Crippen molar-refractivity contribution in [1.82, 2.24) is 0 Å². The molecule has 4 heteroatoms. The first-order chi connectivity index (χ1) is 7.06. The molecule has 2 N–H and O–H groups in total. The summed E-state index contributed by atoms with van der Waals surface area (Å²) < 4.78 is 13.3. The molecule has 0 heterocycles. The first-order valence-corrected chi connectivity index (χ1v) is 4.69. The lowest BCUT2D eigenvalue weighted by atomic mass is 10.0. The number of aliphatic hydroxyl groups is 1. The summed E-state index contributed by atoms with van der Waals surface area (Å²) in [4.78, 5) is 10.8. The maximum Gasteiger partial charge on any atom is 0.335 e. The summed E-state index contributed by atoms with van der Waals surface area (Å²) in [6.45, 7) is 1.53. The fraction of sp³-hybridized carbons (Fsp3) is 0.364. The highest BCUT2D eigenvalue weighted by Crippen LogP contribution is 2.17. The molecule has 0 fully saturated rings. The lowest BCUT2D eigenvalue weighted by molar-refractivity contribution is 0.0696. The molecule has 1 aromatic carbocycles. The number of rotatable bonds is 4. The maximum atomic E-state index is 13.3. The number of halogens is 1. The van der Waals surface area contributed by atoms with Gasteiger partial charge in [0, 0.05) is 6.61 Å². The van der Waals surface area contributed by atoms with Crippen molar-refractivity contribution >= 4 is 5.97 Å². The molecule has 15 heavy (non-hydrogen) atoms. The quantitative estimate of drug-likeness (QED) is 0.799. The molecule has 0 amide bonds. The molecule has 0 bridgehead atoms. The summed E-state index contributed by atoms with van der Waals surface area (Å²) in [7, 11) is 0. The predicted octanol–water partition coefficient (Wildman–Crippen LogP) is 1.76. The minimum Gasteiger partial charge on any atom is -0.478 e. The van der Waals surface area contributed by atoms with Crippen LogP contribution >= 0.6 is 0 Å². The molecule has 0 aliphatic heterocycles. The molecule has 0 atom stereocenters. The highest BCUT2D eigenvalue weighted by Gasteiger charge is 2.11. The van der Waals surface area contributed by atoms with Gasteiger partial charge in [-0.05, 0) is 43.0 Å². The second-order valence-corrected chi connectivity index (χ2v) is 3.39. The molecule has 0 saturated heterocycles. The maximum absolute atomic E-state index is 13.3. The lowest BCUT2D eigenvalue weighted by Crippen LogP contribution is -2.04. The summed E-state index contributed by atoms with van der Waals surface area (Å²) in [5, 5.41) is 17.4. The van der Waals surface area contributed by atoms with Gasteiger partial charge in [-0.3, -0.25) is 0 Å². The molecule has 0 aliphatic rings. The lowest BCUT2D eigenvalue weighted by Gasteiger charge is -2.06. The first kappa shape index (κ1) is 11.7. The molecular weight excluding hydrogens is 199 g/mol. The number of benzene rings is 1. The average Bonchev–Trinajstić information content (AvgIpc) is 2.16. The molecule has 0 aromatic heterocycles. The Hall–Kier alpha value is -1.42. The Balaban J connectivity index is 3.06. The average molecular weight is 212 g/mol. The highest BCUT2D eigenvalue weighted by atomic mass is 19.1. The van der Waals surface area contributed by atoms with Gasteiger partial charge in [0.25, 0.3) is 0 Å². The van der Waals surface area contributed by atoms with Gasteiger partial charge in [0.2, 0.25) is 0 Å². The van der Waals surface area contributed by atoms with Crippen LogP contribution in [-0.2, 0) is 6.42 Å². The summed E-state index contributed by atoms with van der Waals surface area (Å²) in [5.41, 5.74) is 0.865. The van der Waals surface area contributed by atoms with E-state index in [4.69, 9.17) is 10.2 Å². The van der Waals surface area contributed by atoms with E-state index in [9.17, 15) is 9.18 Å². The second-order valence-electron chi connectivity index (χ2n) is 3.39. The normalized spacial score (nSPS) is 10.3. The standard InChI is InChI=1S/C11H13FO3/c1-7-5-10(12)8(3-2-4-13)6-9(7)11(14)15/h5-6,13H,2-4H2,1H3,(H,14,15). The van der Waals surface area contributed by atoms with Crippen LogP contribution in [0, 0.1) is 12.7 Å². The monoisotopic (exact) mass is 212 g/mol. The van der Waals surface area contributed by atoms with E-state index in [0.29, 0.717) is 24.0 Å². The van der Waals surface area contributed by atoms with E-state index in [1.807, 2.05) is 0 Å². The molecular formula is C11H13FO3. The van der Waals surface area contributed by atoms with E-state index in [1.54, 1.807) is 6.92 Å². The molecule has 82 valence electrons. The minimum atomic E-state index is -1.06. The Morgan fingerprint density at radius 1 is 1.47 bits per heavy atom. The molecule has 0 unspecified atom stereocenters. The molecule has 3 nitrogen and oxygen atoms in total. The van der Waals surface area contributed by atoms with E-state index >= 15 is 0 Å². The van der Waals surface area contributed by atoms with Gasteiger partial charge in [-0.1, -0.05) is 0 Å². The third-order valence-electron chi connectivity index (χ3n) is 2.23. The van der Waals surface area contributed by atoms with Gasteiger partial charge in [-0.2, -0.15) is 0 Å². The van der Waals surface area contributed by atoms with Crippen molar-refractivity contribution in [3.8, 4) is 0 Å². The number of carbonyl (C=O) groups is 1. The minimum absolute atomic E-state index is 0.0320. The molecule has 1 rings (SSSR count). The van der Waals surface area contributed by atoms with Crippen molar-refractivity contribution in [2.24, 2.45) is 0 Å². The summed E-state index contributed by atoms with van der Waals surface area (Å²) >= 11 is 0. The third kappa shape index (κ3) is 2.76. The Kier molecular flexibility index (Phi) is 3.80. The Bertz CT molecular complexity index is 374. The second kappa shape index (κ2) is 4.89. The van der Waals surface area contributed by atoms with Crippen molar-refractivity contribution in [2.75, 3.05) is 6.61 Å². The number of carboxylic acids is 1. The van der Waals surface area contributed by atoms with Gasteiger partial charge in [0.05, 0.1) is 5.56 Å². The van der Waals surface area contributed by atoms with Crippen LogP contribution in [0.25, 0.3) is 0 Å². The van der Waals surface area contributed by atoms with Crippen LogP contribution in [0.4, 0.5) is 4.39 Å². The summed E-state index contributed by atoms with van der Waals surface area (Å²) in [6.07, 6.45) is 0.780. The van der Waals surface area contributed by atoms with Crippen molar-refractivity contribution in [2.45, 2.75) is 19.8 Å². The zero-order valence-electron chi connectivity index (χ0n) is 8.46. The molecule has 0 spiro atoms. The van der Waals surface area contributed by atoms with Gasteiger partial charge >= 0.3 is 5.97 Å². The topological polar surface area (TPSA) is 57.5 Å². The van der Waals surface area contributed by atoms with Crippen LogP contribution in [0.2, 0.25) is 0 Å². The van der Waals surface area contributed by atoms with Crippen LogP contribution in [-0.4, -0.2) is 22.8 Å². The van der Waals surface area contributed by atoms with Crippen LogP contribution in [0.3, 0.4) is 0 Å². The van der Waals surface area contributed by atoms with E-state index in [0.717, 1.165) is 0 Å². The van der Waals surface area contributed by atoms with Crippen molar-refractivity contribution < 1.29 is 19.4 Å². The van der Waals surface area contributed by atoms with Crippen molar-refractivity contribution in [3.63, 3.8) is 0 Å². The van der Waals surface area contributed by atoms with Gasteiger partial charge in [0.1, 0.15) is 5.82 Å². The number of aromatic carboxylic acids is 1. The Morgan fingerprint density at radius 2 is 2.13 bits per heavy atom. The predicted molar refractivity (Wildman–Crippen MR) is 53.5 cm³/mol. The highest BCUT2D eigenvalue weighted by molar-refractivity contribution is 5.89. The third-order valence-corrected chi connectivity index (χ3v) is 2.23. The van der Waals surface area contributed by atoms with Crippen LogP contribution in [0.15, 0.2) is 12.1 Å². The number of hydrogen-bond donors (Lipinski definition) is 2. The summed E-state index contributed by atoms with van der Waals surface area (Å²) in [5.74, 6) is -1.47. The molecule has 0 saturated carbocycles. The van der Waals surface area contributed by atoms with Gasteiger partial charge in [-0.25, -0.2) is 9.18 Å². The number of hydrogen-bond acceptors (Lipinski definition) is 2. The fourth-order valence-corrected chi connectivity index (χ4v) is 1.41. The van der Waals surface area contributed by atoms with Crippen LogP contribution in [0.5, 0.6) is 0 Å². The van der Waals surface area contributed by atoms with E-state index < -0.39 is 11.8 Å². The number of carboxylic acid groups (broad SMARTS) is 1. The van der Waals surface area contributed by atoms with Gasteiger partial charge in [-0.15, -0.1) is 0 Å². The van der Waals surface area contributed by atoms with Crippen LogP contribution in [0.1, 0.15) is 27.9 Å². The summed E-state index contributed by atoms with van der Waals surface area (Å²) in [6, 6.07) is 2.55. The van der Waals surface area contributed by atoms with E-state index in [2.05, 4.69) is 0 Å². The fourth-order valence-electron chi connectivity index (χ4n) is 1.41. The zero-order valence-corrected chi connectivity index (χ0v) is 8.46. The first-order valence-electron chi connectivity index (χ1n) is 4.69. The number of aliphatic hydroxyl groups excluding tert-OH is 1. The smallest absolute Gasteiger partial charge is 0.335 e. The molecule has 0 radical (unpaired) electrons. The number of aryl methyl sites for hydroxylation is 2. The van der Waals surface area contributed by atoms with Gasteiger partial charge < -0.3 is 10.2 Å². The van der Waals surface area contributed by atoms with E-state index in [-0.39, 0.29) is 12.2 Å². The molecule has 0 aliphatic carbocycles. The van der Waals surface area contributed by atoms with Gasteiger partial charge in [0.15, 0.2) is 0 Å². The Labute approximate surface area is 87.2 Å². The van der Waals surface area contributed by atoms with E-state index in [1.165, 1.54) is 12.1 Å². The van der Waals surface area contributed by atoms with Crippen molar-refractivity contribution in [3.05, 3.63) is 34.6 Å². The zero-order chi connectivity index (χ0) is 11.4. The molecule has 1 aromatic rings. The van der Waals surface area contributed by atoms with Crippen molar-refractivity contribution in [1.29, 1.82) is 0 Å². The Morgan fingerprint density at radius 3 is 2.67 bits per heavy atom. The van der Waals surface area contributed by atoms with Crippen LogP contribution < -0.4 is 0 Å². The largest absolute Gasteiger partial charge is 0.478 e.